The van der Waals surface area contributed by atoms with Gasteiger partial charge >= 0.3 is 6.18 Å². The molecule has 3 N–H and O–H groups in total. The fraction of sp³-hybridized carbons (Fsp3) is 0.250. The standard InChI is InChI=1S/C8H8F3NO2/c9-8(10,11)6-2-1-5(4-12-14)7(13)3-6/h1-3,12-14H,4H2. The van der Waals surface area contributed by atoms with Crippen LogP contribution >= 0.6 is 0 Å². The molecule has 0 bridgehead atoms. The molecule has 0 fully saturated rings. The van der Waals surface area contributed by atoms with E-state index in [0.717, 1.165) is 12.1 Å². The van der Waals surface area contributed by atoms with Gasteiger partial charge in [0.05, 0.1) is 5.56 Å². The number of hydrogen-bond donors (Lipinski definition) is 3. The Kier molecular flexibility index (Phi) is 2.97. The molecule has 0 aliphatic heterocycles. The molecule has 0 atom stereocenters. The Balaban J connectivity index is 3.01. The lowest BCUT2D eigenvalue weighted by Crippen LogP contribution is -2.08. The minimum atomic E-state index is -4.47. The molecule has 14 heavy (non-hydrogen) atoms. The van der Waals surface area contributed by atoms with Gasteiger partial charge in [0.25, 0.3) is 0 Å². The second kappa shape index (κ2) is 3.85. The smallest absolute Gasteiger partial charge is 0.416 e. The Bertz CT molecular complexity index is 325. The predicted molar refractivity (Wildman–Crippen MR) is 41.7 cm³/mol. The van der Waals surface area contributed by atoms with Gasteiger partial charge < -0.3 is 10.3 Å². The lowest BCUT2D eigenvalue weighted by atomic mass is 10.1. The lowest BCUT2D eigenvalue weighted by Gasteiger charge is -2.09. The number of aromatic hydroxyl groups is 1. The van der Waals surface area contributed by atoms with Gasteiger partial charge in [-0.3, -0.25) is 0 Å². The summed E-state index contributed by atoms with van der Waals surface area (Å²) in [7, 11) is 0. The number of rotatable bonds is 2. The zero-order chi connectivity index (χ0) is 10.8. The van der Waals surface area contributed by atoms with E-state index in [1.165, 1.54) is 0 Å². The van der Waals surface area contributed by atoms with Crippen molar-refractivity contribution in [3.05, 3.63) is 29.3 Å². The Hall–Kier alpha value is -1.27. The van der Waals surface area contributed by atoms with Gasteiger partial charge in [-0.05, 0) is 12.1 Å². The van der Waals surface area contributed by atoms with Gasteiger partial charge in [-0.2, -0.15) is 13.2 Å². The molecule has 0 saturated carbocycles. The van der Waals surface area contributed by atoms with Crippen LogP contribution in [0.2, 0.25) is 0 Å². The molecule has 0 amide bonds. The topological polar surface area (TPSA) is 52.5 Å². The third kappa shape index (κ3) is 2.36. The maximum atomic E-state index is 12.1. The average Bonchev–Trinajstić information content (AvgIpc) is 2.07. The van der Waals surface area contributed by atoms with Crippen molar-refractivity contribution in [1.29, 1.82) is 0 Å². The highest BCUT2D eigenvalue weighted by Gasteiger charge is 2.30. The quantitative estimate of drug-likeness (QED) is 0.649. The summed E-state index contributed by atoms with van der Waals surface area (Å²) < 4.78 is 36.3. The van der Waals surface area contributed by atoms with Crippen LogP contribution in [0.3, 0.4) is 0 Å². The number of halogens is 3. The van der Waals surface area contributed by atoms with Crippen LogP contribution < -0.4 is 5.48 Å². The maximum absolute atomic E-state index is 12.1. The van der Waals surface area contributed by atoms with Crippen LogP contribution in [0, 0.1) is 0 Å². The second-order valence-corrected chi connectivity index (χ2v) is 2.68. The molecule has 0 aliphatic rings. The second-order valence-electron chi connectivity index (χ2n) is 2.68. The molecule has 3 nitrogen and oxygen atoms in total. The molecule has 6 heteroatoms. The average molecular weight is 207 g/mol. The molecule has 0 aromatic heterocycles. The molecule has 0 spiro atoms. The summed E-state index contributed by atoms with van der Waals surface area (Å²) in [4.78, 5) is 0. The molecular formula is C8H8F3NO2. The minimum absolute atomic E-state index is 0.107. The number of hydrogen-bond acceptors (Lipinski definition) is 3. The van der Waals surface area contributed by atoms with Gasteiger partial charge in [0, 0.05) is 12.1 Å². The first-order valence-electron chi connectivity index (χ1n) is 3.71. The van der Waals surface area contributed by atoms with Gasteiger partial charge in [-0.15, -0.1) is 0 Å². The molecule has 1 rings (SSSR count). The van der Waals surface area contributed by atoms with Crippen molar-refractivity contribution in [2.45, 2.75) is 12.7 Å². The van der Waals surface area contributed by atoms with Gasteiger partial charge in [0.15, 0.2) is 0 Å². The van der Waals surface area contributed by atoms with E-state index in [9.17, 15) is 13.2 Å². The van der Waals surface area contributed by atoms with Crippen molar-refractivity contribution in [2.24, 2.45) is 0 Å². The molecule has 1 aromatic carbocycles. The number of hydroxylamine groups is 1. The molecule has 0 saturated heterocycles. The minimum Gasteiger partial charge on any atom is -0.508 e. The molecule has 0 heterocycles. The van der Waals surface area contributed by atoms with Gasteiger partial charge in [-0.1, -0.05) is 6.07 Å². The molecule has 78 valence electrons. The van der Waals surface area contributed by atoms with Gasteiger partial charge in [0.2, 0.25) is 0 Å². The van der Waals surface area contributed by atoms with E-state index in [1.807, 2.05) is 0 Å². The first kappa shape index (κ1) is 10.8. The van der Waals surface area contributed by atoms with Crippen molar-refractivity contribution >= 4 is 0 Å². The summed E-state index contributed by atoms with van der Waals surface area (Å²) in [5.41, 5.74) is 1.02. The largest absolute Gasteiger partial charge is 0.508 e. The third-order valence-corrected chi connectivity index (χ3v) is 1.68. The van der Waals surface area contributed by atoms with Crippen molar-refractivity contribution in [1.82, 2.24) is 5.48 Å². The predicted octanol–water partition coefficient (Wildman–Crippen LogP) is 1.89. The number of nitrogens with one attached hydrogen (secondary N) is 1. The van der Waals surface area contributed by atoms with Crippen LogP contribution in [0.15, 0.2) is 18.2 Å². The van der Waals surface area contributed by atoms with Crippen LogP contribution in [0.1, 0.15) is 11.1 Å². The molecule has 0 radical (unpaired) electrons. The van der Waals surface area contributed by atoms with Crippen LogP contribution in [0.5, 0.6) is 5.75 Å². The van der Waals surface area contributed by atoms with Crippen LogP contribution in [-0.4, -0.2) is 10.3 Å². The Morgan fingerprint density at radius 3 is 2.36 bits per heavy atom. The fourth-order valence-corrected chi connectivity index (χ4v) is 0.975. The summed E-state index contributed by atoms with van der Waals surface area (Å²) in [5.74, 6) is -0.499. The van der Waals surface area contributed by atoms with Gasteiger partial charge in [0.1, 0.15) is 5.75 Å². The Morgan fingerprint density at radius 2 is 1.93 bits per heavy atom. The van der Waals surface area contributed by atoms with Crippen LogP contribution in [0.25, 0.3) is 0 Å². The highest BCUT2D eigenvalue weighted by Crippen LogP contribution is 2.32. The SMILES string of the molecule is ONCc1ccc(C(F)(F)F)cc1O. The highest BCUT2D eigenvalue weighted by atomic mass is 19.4. The van der Waals surface area contributed by atoms with Crippen molar-refractivity contribution in [3.63, 3.8) is 0 Å². The van der Waals surface area contributed by atoms with Gasteiger partial charge in [-0.25, -0.2) is 5.48 Å². The Labute approximate surface area is 77.8 Å². The summed E-state index contributed by atoms with van der Waals surface area (Å²) in [5, 5.41) is 17.4. The monoisotopic (exact) mass is 207 g/mol. The number of phenolic OH excluding ortho intramolecular Hbond substituents is 1. The van der Waals surface area contributed by atoms with E-state index < -0.39 is 17.5 Å². The summed E-state index contributed by atoms with van der Waals surface area (Å²) in [6, 6.07) is 2.56. The van der Waals surface area contributed by atoms with E-state index in [1.54, 1.807) is 5.48 Å². The summed E-state index contributed by atoms with van der Waals surface area (Å²) >= 11 is 0. The number of benzene rings is 1. The first-order valence-corrected chi connectivity index (χ1v) is 3.71. The fourth-order valence-electron chi connectivity index (χ4n) is 0.975. The van der Waals surface area contributed by atoms with E-state index >= 15 is 0 Å². The van der Waals surface area contributed by atoms with Crippen LogP contribution in [0.4, 0.5) is 13.2 Å². The zero-order valence-electron chi connectivity index (χ0n) is 6.97. The highest BCUT2D eigenvalue weighted by molar-refractivity contribution is 5.37. The molecule has 0 aliphatic carbocycles. The first-order chi connectivity index (χ1) is 6.45. The van der Waals surface area contributed by atoms with Crippen molar-refractivity contribution in [2.75, 3.05) is 0 Å². The summed E-state index contributed by atoms with van der Waals surface area (Å²) in [6.07, 6.45) is -4.47. The molecule has 1 aromatic rings. The Morgan fingerprint density at radius 1 is 1.29 bits per heavy atom. The van der Waals surface area contributed by atoms with E-state index in [0.29, 0.717) is 6.07 Å². The summed E-state index contributed by atoms with van der Waals surface area (Å²) in [6.45, 7) is -0.107. The van der Waals surface area contributed by atoms with Crippen molar-refractivity contribution in [3.8, 4) is 5.75 Å². The zero-order valence-corrected chi connectivity index (χ0v) is 6.97. The van der Waals surface area contributed by atoms with E-state index in [2.05, 4.69) is 0 Å². The normalized spacial score (nSPS) is 11.7. The van der Waals surface area contributed by atoms with E-state index in [-0.39, 0.29) is 12.1 Å². The molecule has 0 unspecified atom stereocenters. The van der Waals surface area contributed by atoms with Crippen LogP contribution in [-0.2, 0) is 12.7 Å². The lowest BCUT2D eigenvalue weighted by molar-refractivity contribution is -0.137. The molecular weight excluding hydrogens is 199 g/mol. The number of alkyl halides is 3. The number of phenols is 1. The maximum Gasteiger partial charge on any atom is 0.416 e. The third-order valence-electron chi connectivity index (χ3n) is 1.68. The van der Waals surface area contributed by atoms with Crippen molar-refractivity contribution < 1.29 is 23.5 Å². The van der Waals surface area contributed by atoms with E-state index in [4.69, 9.17) is 10.3 Å².